The Morgan fingerprint density at radius 1 is 1.00 bits per heavy atom. The van der Waals surface area contributed by atoms with Crippen molar-refractivity contribution in [1.29, 1.82) is 0 Å². The van der Waals surface area contributed by atoms with E-state index in [9.17, 15) is 14.0 Å². The average Bonchev–Trinajstić information content (AvgIpc) is 2.56. The van der Waals surface area contributed by atoms with E-state index in [0.29, 0.717) is 17.9 Å². The Balaban J connectivity index is 2.16. The SMILES string of the molecule is CCOc1ccc(C(=O)Nc2cc(F)ccc2NC(=O)OC(C)(C)C)cc1. The first kappa shape index (κ1) is 20.2. The largest absolute Gasteiger partial charge is 0.494 e. The summed E-state index contributed by atoms with van der Waals surface area (Å²) in [5.74, 6) is -0.352. The van der Waals surface area contributed by atoms with Crippen molar-refractivity contribution in [3.05, 3.63) is 53.8 Å². The summed E-state index contributed by atoms with van der Waals surface area (Å²) in [5.41, 5.74) is 0.0335. The van der Waals surface area contributed by atoms with Crippen LogP contribution in [0.15, 0.2) is 42.5 Å². The molecule has 0 aromatic heterocycles. The molecule has 0 unspecified atom stereocenters. The van der Waals surface area contributed by atoms with Crippen LogP contribution in [0.1, 0.15) is 38.1 Å². The van der Waals surface area contributed by atoms with Crippen LogP contribution in [0.5, 0.6) is 5.75 Å². The maximum Gasteiger partial charge on any atom is 0.412 e. The molecule has 0 heterocycles. The Labute approximate surface area is 157 Å². The normalized spacial score (nSPS) is 10.9. The number of hydrogen-bond acceptors (Lipinski definition) is 4. The van der Waals surface area contributed by atoms with Gasteiger partial charge in [0.05, 0.1) is 18.0 Å². The summed E-state index contributed by atoms with van der Waals surface area (Å²) in [6.45, 7) is 7.57. The van der Waals surface area contributed by atoms with Crippen LogP contribution in [0.3, 0.4) is 0 Å². The number of nitrogens with one attached hydrogen (secondary N) is 2. The molecular formula is C20H23FN2O4. The molecule has 0 radical (unpaired) electrons. The molecule has 2 amide bonds. The van der Waals surface area contributed by atoms with Crippen LogP contribution in [-0.2, 0) is 4.74 Å². The summed E-state index contributed by atoms with van der Waals surface area (Å²) < 4.78 is 24.2. The number of carbonyl (C=O) groups is 2. The number of amides is 2. The second-order valence-corrected chi connectivity index (χ2v) is 6.73. The zero-order valence-corrected chi connectivity index (χ0v) is 15.8. The molecule has 0 fully saturated rings. The van der Waals surface area contributed by atoms with Crippen LogP contribution < -0.4 is 15.4 Å². The fraction of sp³-hybridized carbons (Fsp3) is 0.300. The molecule has 0 atom stereocenters. The summed E-state index contributed by atoms with van der Waals surface area (Å²) in [5, 5.41) is 5.11. The summed E-state index contributed by atoms with van der Waals surface area (Å²) >= 11 is 0. The molecule has 2 rings (SSSR count). The first-order valence-corrected chi connectivity index (χ1v) is 8.51. The van der Waals surface area contributed by atoms with E-state index in [4.69, 9.17) is 9.47 Å². The minimum atomic E-state index is -0.703. The number of hydrogen-bond donors (Lipinski definition) is 2. The molecule has 0 saturated heterocycles. The smallest absolute Gasteiger partial charge is 0.412 e. The lowest BCUT2D eigenvalue weighted by molar-refractivity contribution is 0.0635. The highest BCUT2D eigenvalue weighted by atomic mass is 19.1. The van der Waals surface area contributed by atoms with Crippen molar-refractivity contribution >= 4 is 23.4 Å². The van der Waals surface area contributed by atoms with Gasteiger partial charge in [-0.05, 0) is 70.2 Å². The van der Waals surface area contributed by atoms with Gasteiger partial charge in [0, 0.05) is 5.56 Å². The van der Waals surface area contributed by atoms with Gasteiger partial charge < -0.3 is 14.8 Å². The first-order valence-electron chi connectivity index (χ1n) is 8.51. The standard InChI is InChI=1S/C20H23FN2O4/c1-5-26-15-9-6-13(7-10-15)18(24)22-17-12-14(21)8-11-16(17)23-19(25)27-20(2,3)4/h6-12H,5H2,1-4H3,(H,22,24)(H,23,25). The molecule has 0 saturated carbocycles. The van der Waals surface area contributed by atoms with Gasteiger partial charge in [-0.25, -0.2) is 9.18 Å². The van der Waals surface area contributed by atoms with Gasteiger partial charge in [0.2, 0.25) is 0 Å². The van der Waals surface area contributed by atoms with Gasteiger partial charge in [-0.3, -0.25) is 10.1 Å². The quantitative estimate of drug-likeness (QED) is 0.786. The van der Waals surface area contributed by atoms with E-state index in [1.54, 1.807) is 45.0 Å². The van der Waals surface area contributed by atoms with Crippen molar-refractivity contribution < 1.29 is 23.5 Å². The number of benzene rings is 2. The highest BCUT2D eigenvalue weighted by Gasteiger charge is 2.18. The maximum absolute atomic E-state index is 13.6. The highest BCUT2D eigenvalue weighted by Crippen LogP contribution is 2.25. The van der Waals surface area contributed by atoms with Gasteiger partial charge in [-0.2, -0.15) is 0 Å². The van der Waals surface area contributed by atoms with Gasteiger partial charge in [-0.15, -0.1) is 0 Å². The molecule has 0 aliphatic rings. The molecule has 0 aliphatic heterocycles. The molecule has 0 aliphatic carbocycles. The van der Waals surface area contributed by atoms with E-state index in [1.807, 2.05) is 6.92 Å². The third kappa shape index (κ3) is 6.29. The lowest BCUT2D eigenvalue weighted by atomic mass is 10.2. The maximum atomic E-state index is 13.6. The fourth-order valence-corrected chi connectivity index (χ4v) is 2.21. The lowest BCUT2D eigenvalue weighted by Gasteiger charge is -2.20. The summed E-state index contributed by atoms with van der Waals surface area (Å²) in [6, 6.07) is 10.2. The van der Waals surface area contributed by atoms with Gasteiger partial charge in [-0.1, -0.05) is 0 Å². The third-order valence-electron chi connectivity index (χ3n) is 3.29. The van der Waals surface area contributed by atoms with Crippen molar-refractivity contribution in [3.8, 4) is 5.75 Å². The van der Waals surface area contributed by atoms with Crippen LogP contribution in [0.4, 0.5) is 20.6 Å². The second-order valence-electron chi connectivity index (χ2n) is 6.73. The zero-order valence-electron chi connectivity index (χ0n) is 15.8. The van der Waals surface area contributed by atoms with E-state index in [-0.39, 0.29) is 11.4 Å². The van der Waals surface area contributed by atoms with E-state index < -0.39 is 23.4 Å². The molecule has 6 nitrogen and oxygen atoms in total. The van der Waals surface area contributed by atoms with Crippen molar-refractivity contribution in [2.75, 3.05) is 17.2 Å². The van der Waals surface area contributed by atoms with Crippen molar-refractivity contribution in [2.24, 2.45) is 0 Å². The van der Waals surface area contributed by atoms with Crippen molar-refractivity contribution in [3.63, 3.8) is 0 Å². The van der Waals surface area contributed by atoms with Crippen molar-refractivity contribution in [2.45, 2.75) is 33.3 Å². The predicted molar refractivity (Wildman–Crippen MR) is 102 cm³/mol. The van der Waals surface area contributed by atoms with Gasteiger partial charge in [0.25, 0.3) is 5.91 Å². The number of anilines is 2. The number of rotatable bonds is 5. The van der Waals surface area contributed by atoms with Crippen molar-refractivity contribution in [1.82, 2.24) is 0 Å². The van der Waals surface area contributed by atoms with E-state index in [1.165, 1.54) is 12.1 Å². The molecule has 144 valence electrons. The Kier molecular flexibility index (Phi) is 6.39. The summed E-state index contributed by atoms with van der Waals surface area (Å²) in [6.07, 6.45) is -0.703. The molecule has 2 aromatic rings. The average molecular weight is 374 g/mol. The summed E-state index contributed by atoms with van der Waals surface area (Å²) in [4.78, 5) is 24.4. The summed E-state index contributed by atoms with van der Waals surface area (Å²) in [7, 11) is 0. The molecule has 0 bridgehead atoms. The van der Waals surface area contributed by atoms with Gasteiger partial charge >= 0.3 is 6.09 Å². The number of ether oxygens (including phenoxy) is 2. The third-order valence-corrected chi connectivity index (χ3v) is 3.29. The van der Waals surface area contributed by atoms with E-state index in [0.717, 1.165) is 6.07 Å². The Morgan fingerprint density at radius 3 is 2.26 bits per heavy atom. The minimum absolute atomic E-state index is 0.125. The predicted octanol–water partition coefficient (Wildman–Crippen LogP) is 4.82. The monoisotopic (exact) mass is 374 g/mol. The van der Waals surface area contributed by atoms with E-state index in [2.05, 4.69) is 10.6 Å². The number of halogens is 1. The first-order chi connectivity index (χ1) is 12.7. The minimum Gasteiger partial charge on any atom is -0.494 e. The molecule has 7 heteroatoms. The molecular weight excluding hydrogens is 351 g/mol. The van der Waals surface area contributed by atoms with Crippen LogP contribution in [-0.4, -0.2) is 24.2 Å². The van der Waals surface area contributed by atoms with E-state index >= 15 is 0 Å². The fourth-order valence-electron chi connectivity index (χ4n) is 2.21. The Bertz CT molecular complexity index is 814. The molecule has 2 N–H and O–H groups in total. The highest BCUT2D eigenvalue weighted by molar-refractivity contribution is 6.06. The lowest BCUT2D eigenvalue weighted by Crippen LogP contribution is -2.27. The van der Waals surface area contributed by atoms with Crippen LogP contribution in [0.2, 0.25) is 0 Å². The van der Waals surface area contributed by atoms with Crippen LogP contribution in [0, 0.1) is 5.82 Å². The molecule has 0 spiro atoms. The Morgan fingerprint density at radius 2 is 1.67 bits per heavy atom. The second kappa shape index (κ2) is 8.53. The van der Waals surface area contributed by atoms with Gasteiger partial charge in [0.15, 0.2) is 0 Å². The molecule has 2 aromatic carbocycles. The molecule has 27 heavy (non-hydrogen) atoms. The van der Waals surface area contributed by atoms with Crippen LogP contribution in [0.25, 0.3) is 0 Å². The van der Waals surface area contributed by atoms with Gasteiger partial charge in [0.1, 0.15) is 17.2 Å². The zero-order chi connectivity index (χ0) is 20.0. The topological polar surface area (TPSA) is 76.7 Å². The number of carbonyl (C=O) groups excluding carboxylic acids is 2. The van der Waals surface area contributed by atoms with Crippen LogP contribution >= 0.6 is 0 Å². The Hall–Kier alpha value is -3.09.